The summed E-state index contributed by atoms with van der Waals surface area (Å²) in [7, 11) is 1.52. The van der Waals surface area contributed by atoms with Crippen LogP contribution < -0.4 is 10.6 Å². The van der Waals surface area contributed by atoms with E-state index in [1.807, 2.05) is 0 Å². The average molecular weight is 272 g/mol. The van der Waals surface area contributed by atoms with Crippen LogP contribution in [0.5, 0.6) is 0 Å². The van der Waals surface area contributed by atoms with E-state index in [1.165, 1.54) is 7.11 Å². The lowest BCUT2D eigenvalue weighted by Gasteiger charge is -2.07. The van der Waals surface area contributed by atoms with Crippen molar-refractivity contribution in [2.45, 2.75) is 6.42 Å². The monoisotopic (exact) mass is 272 g/mol. The summed E-state index contributed by atoms with van der Waals surface area (Å²) < 4.78 is 30.6. The van der Waals surface area contributed by atoms with Crippen LogP contribution in [0.25, 0.3) is 0 Å². The molecule has 5 nitrogen and oxygen atoms in total. The Hall–Kier alpha value is -2.02. The summed E-state index contributed by atoms with van der Waals surface area (Å²) in [6, 6.07) is 2.64. The largest absolute Gasteiger partial charge is 0.385 e. The first-order valence-electron chi connectivity index (χ1n) is 5.57. The normalized spacial score (nSPS) is 10.1. The van der Waals surface area contributed by atoms with Crippen molar-refractivity contribution in [3.63, 3.8) is 0 Å². The number of ether oxygens (including phenoxy) is 1. The number of methoxy groups -OCH3 is 1. The van der Waals surface area contributed by atoms with E-state index in [0.29, 0.717) is 19.1 Å². The van der Waals surface area contributed by atoms with Crippen LogP contribution in [0.15, 0.2) is 18.2 Å². The highest BCUT2D eigenvalue weighted by molar-refractivity contribution is 6.39. The zero-order valence-electron chi connectivity index (χ0n) is 10.3. The van der Waals surface area contributed by atoms with Gasteiger partial charge < -0.3 is 15.4 Å². The van der Waals surface area contributed by atoms with Crippen LogP contribution in [-0.4, -0.2) is 32.1 Å². The number of carbonyl (C=O) groups excluding carboxylic acids is 2. The number of hydrogen-bond acceptors (Lipinski definition) is 3. The van der Waals surface area contributed by atoms with Gasteiger partial charge in [0, 0.05) is 26.3 Å². The molecule has 2 N–H and O–H groups in total. The lowest BCUT2D eigenvalue weighted by Crippen LogP contribution is -2.36. The Labute approximate surface area is 108 Å². The third kappa shape index (κ3) is 5.01. The predicted octanol–water partition coefficient (Wildman–Crippen LogP) is 1.06. The maximum absolute atomic E-state index is 13.2. The highest BCUT2D eigenvalue weighted by Crippen LogP contribution is 2.14. The van der Waals surface area contributed by atoms with Crippen molar-refractivity contribution in [2.75, 3.05) is 25.6 Å². The van der Waals surface area contributed by atoms with Gasteiger partial charge in [-0.3, -0.25) is 9.59 Å². The summed E-state index contributed by atoms with van der Waals surface area (Å²) in [4.78, 5) is 22.7. The fraction of sp³-hybridized carbons (Fsp3) is 0.333. The van der Waals surface area contributed by atoms with Gasteiger partial charge in [0.15, 0.2) is 0 Å². The molecular formula is C12H14F2N2O3. The van der Waals surface area contributed by atoms with Crippen molar-refractivity contribution in [1.29, 1.82) is 0 Å². The molecular weight excluding hydrogens is 258 g/mol. The van der Waals surface area contributed by atoms with Crippen LogP contribution in [0.3, 0.4) is 0 Å². The number of hydrogen-bond donors (Lipinski definition) is 2. The second kappa shape index (κ2) is 7.42. The Morgan fingerprint density at radius 3 is 2.63 bits per heavy atom. The van der Waals surface area contributed by atoms with Crippen LogP contribution in [0, 0.1) is 11.6 Å². The molecule has 0 aromatic heterocycles. The number of halogens is 2. The first kappa shape index (κ1) is 15.0. The molecule has 0 aliphatic heterocycles. The molecule has 0 saturated carbocycles. The van der Waals surface area contributed by atoms with E-state index in [0.717, 1.165) is 12.1 Å². The van der Waals surface area contributed by atoms with Gasteiger partial charge >= 0.3 is 11.8 Å². The van der Waals surface area contributed by atoms with Crippen molar-refractivity contribution in [3.8, 4) is 0 Å². The van der Waals surface area contributed by atoms with Gasteiger partial charge in [-0.15, -0.1) is 0 Å². The minimum Gasteiger partial charge on any atom is -0.385 e. The Balaban J connectivity index is 2.47. The van der Waals surface area contributed by atoms with Crippen LogP contribution in [-0.2, 0) is 14.3 Å². The van der Waals surface area contributed by atoms with E-state index < -0.39 is 23.4 Å². The highest BCUT2D eigenvalue weighted by atomic mass is 19.1. The molecule has 1 aromatic rings. The van der Waals surface area contributed by atoms with E-state index in [4.69, 9.17) is 4.74 Å². The molecule has 1 rings (SSSR count). The highest BCUT2D eigenvalue weighted by Gasteiger charge is 2.15. The smallest absolute Gasteiger partial charge is 0.313 e. The van der Waals surface area contributed by atoms with Crippen LogP contribution in [0.2, 0.25) is 0 Å². The molecule has 7 heteroatoms. The number of carbonyl (C=O) groups is 2. The van der Waals surface area contributed by atoms with Crippen LogP contribution in [0.4, 0.5) is 14.5 Å². The van der Waals surface area contributed by atoms with Gasteiger partial charge in [0.2, 0.25) is 0 Å². The molecule has 0 spiro atoms. The Morgan fingerprint density at radius 2 is 2.00 bits per heavy atom. The number of anilines is 1. The number of amides is 2. The van der Waals surface area contributed by atoms with Crippen molar-refractivity contribution >= 4 is 17.5 Å². The molecule has 104 valence electrons. The molecule has 0 heterocycles. The minimum absolute atomic E-state index is 0.251. The molecule has 19 heavy (non-hydrogen) atoms. The molecule has 0 radical (unpaired) electrons. The Kier molecular flexibility index (Phi) is 5.87. The Morgan fingerprint density at radius 1 is 1.26 bits per heavy atom. The Bertz CT molecular complexity index is 466. The van der Waals surface area contributed by atoms with Crippen molar-refractivity contribution in [1.82, 2.24) is 5.32 Å². The maximum atomic E-state index is 13.2. The molecule has 0 aliphatic carbocycles. The SMILES string of the molecule is COCCCNC(=O)C(=O)Nc1ccc(F)cc1F. The molecule has 0 fully saturated rings. The summed E-state index contributed by atoms with van der Waals surface area (Å²) in [5.74, 6) is -3.61. The second-order valence-electron chi connectivity index (χ2n) is 3.68. The van der Waals surface area contributed by atoms with Crippen molar-refractivity contribution in [3.05, 3.63) is 29.8 Å². The topological polar surface area (TPSA) is 67.4 Å². The lowest BCUT2D eigenvalue weighted by atomic mass is 10.3. The molecule has 0 unspecified atom stereocenters. The minimum atomic E-state index is -1.01. The van der Waals surface area contributed by atoms with E-state index in [-0.39, 0.29) is 12.2 Å². The van der Waals surface area contributed by atoms with Gasteiger partial charge in [-0.05, 0) is 18.6 Å². The molecule has 0 bridgehead atoms. The fourth-order valence-corrected chi connectivity index (χ4v) is 1.27. The summed E-state index contributed by atoms with van der Waals surface area (Å²) in [6.45, 7) is 0.723. The molecule has 1 aromatic carbocycles. The first-order valence-corrected chi connectivity index (χ1v) is 5.57. The van der Waals surface area contributed by atoms with Crippen molar-refractivity contribution < 1.29 is 23.1 Å². The van der Waals surface area contributed by atoms with Gasteiger partial charge in [-0.1, -0.05) is 0 Å². The van der Waals surface area contributed by atoms with Gasteiger partial charge in [0.05, 0.1) is 5.69 Å². The van der Waals surface area contributed by atoms with Crippen LogP contribution >= 0.6 is 0 Å². The van der Waals surface area contributed by atoms with Gasteiger partial charge in [-0.25, -0.2) is 8.78 Å². The van der Waals surface area contributed by atoms with Gasteiger partial charge in [0.25, 0.3) is 0 Å². The zero-order valence-corrected chi connectivity index (χ0v) is 10.3. The van der Waals surface area contributed by atoms with Crippen LogP contribution in [0.1, 0.15) is 6.42 Å². The summed E-state index contributed by atoms with van der Waals surface area (Å²) in [6.07, 6.45) is 0.556. The van der Waals surface area contributed by atoms with E-state index >= 15 is 0 Å². The third-order valence-electron chi connectivity index (χ3n) is 2.20. The number of nitrogens with one attached hydrogen (secondary N) is 2. The molecule has 0 aliphatic rings. The van der Waals surface area contributed by atoms with Gasteiger partial charge in [0.1, 0.15) is 11.6 Å². The zero-order chi connectivity index (χ0) is 14.3. The molecule has 0 saturated heterocycles. The second-order valence-corrected chi connectivity index (χ2v) is 3.68. The summed E-state index contributed by atoms with van der Waals surface area (Å²) in [5.41, 5.74) is -0.251. The van der Waals surface area contributed by atoms with E-state index in [9.17, 15) is 18.4 Å². The maximum Gasteiger partial charge on any atom is 0.313 e. The summed E-state index contributed by atoms with van der Waals surface area (Å²) in [5, 5.41) is 4.40. The fourth-order valence-electron chi connectivity index (χ4n) is 1.27. The standard InChI is InChI=1S/C12H14F2N2O3/c1-19-6-2-5-15-11(17)12(18)16-10-4-3-8(13)7-9(10)14/h3-4,7H,2,5-6H2,1H3,(H,15,17)(H,16,18). The molecule has 0 atom stereocenters. The third-order valence-corrected chi connectivity index (χ3v) is 2.20. The van der Waals surface area contributed by atoms with Gasteiger partial charge in [-0.2, -0.15) is 0 Å². The first-order chi connectivity index (χ1) is 9.04. The average Bonchev–Trinajstić information content (AvgIpc) is 2.37. The lowest BCUT2D eigenvalue weighted by molar-refractivity contribution is -0.136. The van der Waals surface area contributed by atoms with E-state index in [1.54, 1.807) is 0 Å². The van der Waals surface area contributed by atoms with Crippen molar-refractivity contribution in [2.24, 2.45) is 0 Å². The summed E-state index contributed by atoms with van der Waals surface area (Å²) >= 11 is 0. The quantitative estimate of drug-likeness (QED) is 0.622. The number of benzene rings is 1. The van der Waals surface area contributed by atoms with E-state index in [2.05, 4.69) is 10.6 Å². The number of rotatable bonds is 5. The molecule has 2 amide bonds. The predicted molar refractivity (Wildman–Crippen MR) is 64.5 cm³/mol.